The minimum absolute atomic E-state index is 0.132. The third kappa shape index (κ3) is 8.00. The van der Waals surface area contributed by atoms with Crippen LogP contribution in [0.1, 0.15) is 37.5 Å². The fraction of sp³-hybridized carbons (Fsp3) is 0.286. The second-order valence-corrected chi connectivity index (χ2v) is 10.8. The van der Waals surface area contributed by atoms with E-state index in [1.165, 1.54) is 0 Å². The SMILES string of the molecule is CC(C)(C)NC(=O)[C@@H](Cc1ccccc1)N(Cc1cccc(Br)c1)C(=O)Cc1cccc(Cl)c1. The molecule has 6 heteroatoms. The number of nitrogens with zero attached hydrogens (tertiary/aromatic N) is 1. The van der Waals surface area contributed by atoms with Gasteiger partial charge in [0.15, 0.2) is 0 Å². The Bertz CT molecular complexity index is 1130. The van der Waals surface area contributed by atoms with E-state index in [2.05, 4.69) is 21.2 Å². The van der Waals surface area contributed by atoms with Crippen molar-refractivity contribution in [3.8, 4) is 0 Å². The van der Waals surface area contributed by atoms with Crippen LogP contribution in [0.5, 0.6) is 0 Å². The molecule has 0 heterocycles. The van der Waals surface area contributed by atoms with E-state index in [0.717, 1.165) is 21.2 Å². The molecule has 3 aromatic carbocycles. The fourth-order valence-electron chi connectivity index (χ4n) is 3.76. The number of amides is 2. The Morgan fingerprint density at radius 3 is 2.21 bits per heavy atom. The van der Waals surface area contributed by atoms with E-state index in [1.54, 1.807) is 17.0 Å². The van der Waals surface area contributed by atoms with E-state index in [9.17, 15) is 9.59 Å². The highest BCUT2D eigenvalue weighted by Crippen LogP contribution is 2.20. The highest BCUT2D eigenvalue weighted by Gasteiger charge is 2.32. The lowest BCUT2D eigenvalue weighted by atomic mass is 10.00. The van der Waals surface area contributed by atoms with Gasteiger partial charge in [0, 0.05) is 28.0 Å². The third-order valence-electron chi connectivity index (χ3n) is 5.26. The van der Waals surface area contributed by atoms with Gasteiger partial charge >= 0.3 is 0 Å². The smallest absolute Gasteiger partial charge is 0.243 e. The molecular weight excluding hydrogens is 512 g/mol. The standard InChI is InChI=1S/C28H30BrClN2O2/c1-28(2,3)31-27(34)25(17-20-9-5-4-6-10-20)32(19-22-12-7-13-23(29)15-22)26(33)18-21-11-8-14-24(30)16-21/h4-16,25H,17-19H2,1-3H3,(H,31,34)/t25-/m1/s1. The van der Waals surface area contributed by atoms with Gasteiger partial charge in [0.25, 0.3) is 0 Å². The molecule has 2 amide bonds. The summed E-state index contributed by atoms with van der Waals surface area (Å²) in [6, 6.07) is 24.2. The van der Waals surface area contributed by atoms with Crippen LogP contribution in [0.3, 0.4) is 0 Å². The fourth-order valence-corrected chi connectivity index (χ4v) is 4.42. The van der Waals surface area contributed by atoms with Crippen molar-refractivity contribution in [3.05, 3.63) is 105 Å². The lowest BCUT2D eigenvalue weighted by Gasteiger charge is -2.34. The van der Waals surface area contributed by atoms with Gasteiger partial charge in [-0.15, -0.1) is 0 Å². The van der Waals surface area contributed by atoms with Gasteiger partial charge in [-0.2, -0.15) is 0 Å². The van der Waals surface area contributed by atoms with Crippen LogP contribution in [0, 0.1) is 0 Å². The quantitative estimate of drug-likeness (QED) is 0.369. The molecule has 178 valence electrons. The van der Waals surface area contributed by atoms with E-state index in [4.69, 9.17) is 11.6 Å². The number of rotatable bonds is 8. The average molecular weight is 542 g/mol. The molecule has 3 aromatic rings. The van der Waals surface area contributed by atoms with Crippen molar-refractivity contribution in [1.82, 2.24) is 10.2 Å². The maximum Gasteiger partial charge on any atom is 0.243 e. The Kier molecular flexibility index (Phi) is 8.92. The van der Waals surface area contributed by atoms with Gasteiger partial charge in [-0.3, -0.25) is 9.59 Å². The second kappa shape index (κ2) is 11.7. The largest absolute Gasteiger partial charge is 0.350 e. The average Bonchev–Trinajstić information content (AvgIpc) is 2.75. The number of carbonyl (C=O) groups is 2. The van der Waals surface area contributed by atoms with Crippen LogP contribution in [0.15, 0.2) is 83.3 Å². The van der Waals surface area contributed by atoms with Crippen LogP contribution >= 0.6 is 27.5 Å². The van der Waals surface area contributed by atoms with Crippen molar-refractivity contribution in [2.75, 3.05) is 0 Å². The monoisotopic (exact) mass is 540 g/mol. The zero-order chi connectivity index (χ0) is 24.7. The van der Waals surface area contributed by atoms with E-state index in [1.807, 2.05) is 87.5 Å². The van der Waals surface area contributed by atoms with Crippen molar-refractivity contribution < 1.29 is 9.59 Å². The maximum atomic E-state index is 13.7. The zero-order valence-electron chi connectivity index (χ0n) is 19.7. The van der Waals surface area contributed by atoms with Gasteiger partial charge in [-0.1, -0.05) is 82.1 Å². The minimum atomic E-state index is -0.674. The molecule has 0 saturated carbocycles. The van der Waals surface area contributed by atoms with Gasteiger partial charge < -0.3 is 10.2 Å². The molecule has 4 nitrogen and oxygen atoms in total. The first-order chi connectivity index (χ1) is 16.1. The van der Waals surface area contributed by atoms with Crippen molar-refractivity contribution in [1.29, 1.82) is 0 Å². The number of carbonyl (C=O) groups excluding carboxylic acids is 2. The van der Waals surface area contributed by atoms with Crippen molar-refractivity contribution in [3.63, 3.8) is 0 Å². The first-order valence-corrected chi connectivity index (χ1v) is 12.4. The normalized spacial score (nSPS) is 12.1. The van der Waals surface area contributed by atoms with E-state index < -0.39 is 11.6 Å². The summed E-state index contributed by atoms with van der Waals surface area (Å²) in [6.07, 6.45) is 0.570. The van der Waals surface area contributed by atoms with E-state index in [-0.39, 0.29) is 18.2 Å². The Labute approximate surface area is 215 Å². The van der Waals surface area contributed by atoms with Gasteiger partial charge in [0.05, 0.1) is 6.42 Å². The lowest BCUT2D eigenvalue weighted by Crippen LogP contribution is -2.54. The molecule has 1 N–H and O–H groups in total. The molecule has 0 aliphatic carbocycles. The first kappa shape index (κ1) is 26.0. The molecule has 0 spiro atoms. The Morgan fingerprint density at radius 2 is 1.56 bits per heavy atom. The molecule has 0 aliphatic rings. The van der Waals surface area contributed by atoms with Crippen molar-refractivity contribution >= 4 is 39.3 Å². The molecule has 3 rings (SSSR count). The molecule has 1 atom stereocenters. The second-order valence-electron chi connectivity index (χ2n) is 9.40. The molecule has 0 saturated heterocycles. The maximum absolute atomic E-state index is 13.7. The summed E-state index contributed by atoms with van der Waals surface area (Å²) in [7, 11) is 0. The highest BCUT2D eigenvalue weighted by molar-refractivity contribution is 9.10. The molecular formula is C28H30BrClN2O2. The summed E-state index contributed by atoms with van der Waals surface area (Å²) in [5.74, 6) is -0.307. The Hall–Kier alpha value is -2.63. The Balaban J connectivity index is 1.99. The predicted octanol–water partition coefficient (Wildman–Crippen LogP) is 6.20. The molecule has 0 radical (unpaired) electrons. The van der Waals surface area contributed by atoms with Gasteiger partial charge in [0.2, 0.25) is 11.8 Å². The third-order valence-corrected chi connectivity index (χ3v) is 5.98. The summed E-state index contributed by atoms with van der Waals surface area (Å²) < 4.78 is 0.922. The summed E-state index contributed by atoms with van der Waals surface area (Å²) in [5.41, 5.74) is 2.32. The molecule has 0 bridgehead atoms. The molecule has 34 heavy (non-hydrogen) atoms. The first-order valence-electron chi connectivity index (χ1n) is 11.2. The van der Waals surface area contributed by atoms with Crippen LogP contribution in [0.4, 0.5) is 0 Å². The topological polar surface area (TPSA) is 49.4 Å². The van der Waals surface area contributed by atoms with Crippen LogP contribution in [-0.2, 0) is 29.0 Å². The van der Waals surface area contributed by atoms with Crippen LogP contribution in [0.25, 0.3) is 0 Å². The Morgan fingerprint density at radius 1 is 0.912 bits per heavy atom. The van der Waals surface area contributed by atoms with Gasteiger partial charge in [0.1, 0.15) is 6.04 Å². The summed E-state index contributed by atoms with van der Waals surface area (Å²) in [4.78, 5) is 28.9. The van der Waals surface area contributed by atoms with Crippen molar-refractivity contribution in [2.24, 2.45) is 0 Å². The molecule has 0 fully saturated rings. The number of benzene rings is 3. The zero-order valence-corrected chi connectivity index (χ0v) is 22.1. The van der Waals surface area contributed by atoms with E-state index >= 15 is 0 Å². The number of hydrogen-bond acceptors (Lipinski definition) is 2. The number of halogens is 2. The number of hydrogen-bond donors (Lipinski definition) is 1. The van der Waals surface area contributed by atoms with Gasteiger partial charge in [-0.25, -0.2) is 0 Å². The lowest BCUT2D eigenvalue weighted by molar-refractivity contribution is -0.141. The highest BCUT2D eigenvalue weighted by atomic mass is 79.9. The number of nitrogens with one attached hydrogen (secondary N) is 1. The van der Waals surface area contributed by atoms with E-state index in [0.29, 0.717) is 18.0 Å². The van der Waals surface area contributed by atoms with Gasteiger partial charge in [-0.05, 0) is 61.7 Å². The van der Waals surface area contributed by atoms with Crippen LogP contribution < -0.4 is 5.32 Å². The van der Waals surface area contributed by atoms with Crippen LogP contribution in [-0.4, -0.2) is 28.3 Å². The molecule has 0 aliphatic heterocycles. The summed E-state index contributed by atoms with van der Waals surface area (Å²) in [5, 5.41) is 3.66. The predicted molar refractivity (Wildman–Crippen MR) is 142 cm³/mol. The van der Waals surface area contributed by atoms with Crippen molar-refractivity contribution in [2.45, 2.75) is 51.7 Å². The molecule has 0 unspecified atom stereocenters. The summed E-state index contributed by atoms with van der Waals surface area (Å²) >= 11 is 9.67. The molecule has 0 aromatic heterocycles. The minimum Gasteiger partial charge on any atom is -0.350 e. The summed E-state index contributed by atoms with van der Waals surface area (Å²) in [6.45, 7) is 6.14. The van der Waals surface area contributed by atoms with Crippen LogP contribution in [0.2, 0.25) is 5.02 Å².